The number of rotatable bonds is 2. The van der Waals surface area contributed by atoms with Crippen molar-refractivity contribution in [3.8, 4) is 0 Å². The Balaban J connectivity index is 3.33. The molecule has 13 heavy (non-hydrogen) atoms. The van der Waals surface area contributed by atoms with Crippen molar-refractivity contribution in [1.82, 2.24) is 0 Å². The maximum Gasteiger partial charge on any atom is 0.181 e. The van der Waals surface area contributed by atoms with E-state index in [1.54, 1.807) is 0 Å². The van der Waals surface area contributed by atoms with E-state index in [9.17, 15) is 9.18 Å². The average molecular weight is 222 g/mol. The molecule has 0 bridgehead atoms. The molecule has 1 aromatic carbocycles. The molecule has 70 valence electrons. The fraction of sp³-hybridized carbons (Fsp3) is 0.125. The number of anilines is 1. The Hall–Kier alpha value is -0.800. The number of benzene rings is 1. The van der Waals surface area contributed by atoms with Crippen molar-refractivity contribution < 1.29 is 9.18 Å². The van der Waals surface area contributed by atoms with Crippen LogP contribution >= 0.6 is 23.2 Å². The van der Waals surface area contributed by atoms with Crippen molar-refractivity contribution in [2.45, 2.75) is 0 Å². The number of hydrogen-bond donors (Lipinski definition) is 1. The van der Waals surface area contributed by atoms with Gasteiger partial charge in [0.15, 0.2) is 5.78 Å². The van der Waals surface area contributed by atoms with Gasteiger partial charge >= 0.3 is 0 Å². The maximum atomic E-state index is 12.9. The maximum absolute atomic E-state index is 12.9. The van der Waals surface area contributed by atoms with Crippen LogP contribution in [0.25, 0.3) is 0 Å². The molecule has 0 aromatic heterocycles. The molecule has 0 heterocycles. The molecule has 5 heteroatoms. The number of alkyl halides is 1. The first-order chi connectivity index (χ1) is 6.07. The van der Waals surface area contributed by atoms with Crippen LogP contribution in [0.3, 0.4) is 0 Å². The van der Waals surface area contributed by atoms with Crippen LogP contribution in [-0.4, -0.2) is 11.7 Å². The highest BCUT2D eigenvalue weighted by atomic mass is 35.5. The molecule has 1 rings (SSSR count). The second-order valence-electron chi connectivity index (χ2n) is 2.38. The summed E-state index contributed by atoms with van der Waals surface area (Å²) < 4.78 is 12.9. The largest absolute Gasteiger partial charge is 0.398 e. The van der Waals surface area contributed by atoms with E-state index in [0.717, 1.165) is 6.07 Å². The van der Waals surface area contributed by atoms with Gasteiger partial charge in [-0.05, 0) is 12.1 Å². The van der Waals surface area contributed by atoms with Crippen molar-refractivity contribution in [3.63, 3.8) is 0 Å². The Morgan fingerprint density at radius 2 is 2.15 bits per heavy atom. The Morgan fingerprint density at radius 1 is 1.54 bits per heavy atom. The molecule has 0 saturated heterocycles. The first-order valence-corrected chi connectivity index (χ1v) is 4.31. The standard InChI is InChI=1S/C8H6Cl2FNO/c9-3-6(13)7-5(12)2-1-4(11)8(7)10/h1-2H,3,12H2. The molecule has 0 aliphatic carbocycles. The number of nitrogen functional groups attached to an aromatic ring is 1. The predicted molar refractivity (Wildman–Crippen MR) is 50.9 cm³/mol. The smallest absolute Gasteiger partial charge is 0.181 e. The molecule has 0 atom stereocenters. The number of carbonyl (C=O) groups is 1. The lowest BCUT2D eigenvalue weighted by Crippen LogP contribution is -2.06. The van der Waals surface area contributed by atoms with Gasteiger partial charge in [0.1, 0.15) is 5.82 Å². The summed E-state index contributed by atoms with van der Waals surface area (Å²) in [6.07, 6.45) is 0. The molecule has 2 N–H and O–H groups in total. The van der Waals surface area contributed by atoms with Crippen LogP contribution in [0.15, 0.2) is 12.1 Å². The number of hydrogen-bond acceptors (Lipinski definition) is 2. The topological polar surface area (TPSA) is 43.1 Å². The summed E-state index contributed by atoms with van der Waals surface area (Å²) in [6.45, 7) is 0. The van der Waals surface area contributed by atoms with Crippen molar-refractivity contribution >= 4 is 34.7 Å². The van der Waals surface area contributed by atoms with E-state index in [1.165, 1.54) is 6.07 Å². The van der Waals surface area contributed by atoms with Crippen LogP contribution in [-0.2, 0) is 0 Å². The van der Waals surface area contributed by atoms with Gasteiger partial charge < -0.3 is 5.73 Å². The van der Waals surface area contributed by atoms with Gasteiger partial charge in [-0.25, -0.2) is 4.39 Å². The molecule has 2 nitrogen and oxygen atoms in total. The molecule has 0 spiro atoms. The Kier molecular flexibility index (Phi) is 3.12. The zero-order chi connectivity index (χ0) is 10.0. The zero-order valence-electron chi connectivity index (χ0n) is 6.48. The summed E-state index contributed by atoms with van der Waals surface area (Å²) in [5.74, 6) is -1.43. The van der Waals surface area contributed by atoms with Crippen molar-refractivity contribution in [1.29, 1.82) is 0 Å². The van der Waals surface area contributed by atoms with Gasteiger partial charge in [0.25, 0.3) is 0 Å². The van der Waals surface area contributed by atoms with Gasteiger partial charge in [-0.15, -0.1) is 11.6 Å². The highest BCUT2D eigenvalue weighted by molar-refractivity contribution is 6.38. The fourth-order valence-electron chi connectivity index (χ4n) is 0.916. The molecule has 0 saturated carbocycles. The Morgan fingerprint density at radius 3 is 2.69 bits per heavy atom. The Bertz CT molecular complexity index is 354. The van der Waals surface area contributed by atoms with Crippen LogP contribution in [0.4, 0.5) is 10.1 Å². The van der Waals surface area contributed by atoms with Crippen LogP contribution in [0.5, 0.6) is 0 Å². The first-order valence-electron chi connectivity index (χ1n) is 3.40. The quantitative estimate of drug-likeness (QED) is 0.474. The van der Waals surface area contributed by atoms with Crippen LogP contribution in [0, 0.1) is 5.82 Å². The number of nitrogens with two attached hydrogens (primary N) is 1. The summed E-state index contributed by atoms with van der Waals surface area (Å²) in [6, 6.07) is 2.38. The van der Waals surface area contributed by atoms with Gasteiger partial charge in [-0.2, -0.15) is 0 Å². The predicted octanol–water partition coefficient (Wildman–Crippen LogP) is 2.48. The molecule has 0 unspecified atom stereocenters. The van der Waals surface area contributed by atoms with Gasteiger partial charge in [0, 0.05) is 5.69 Å². The second-order valence-corrected chi connectivity index (χ2v) is 3.03. The lowest BCUT2D eigenvalue weighted by molar-refractivity contribution is 0.102. The monoisotopic (exact) mass is 221 g/mol. The minimum absolute atomic E-state index is 0.0448. The van der Waals surface area contributed by atoms with Crippen LogP contribution in [0.2, 0.25) is 5.02 Å². The van der Waals surface area contributed by atoms with E-state index in [0.29, 0.717) is 0 Å². The molecular weight excluding hydrogens is 216 g/mol. The fourth-order valence-corrected chi connectivity index (χ4v) is 1.33. The van der Waals surface area contributed by atoms with Crippen molar-refractivity contribution in [3.05, 3.63) is 28.5 Å². The van der Waals surface area contributed by atoms with Gasteiger partial charge in [-0.3, -0.25) is 4.79 Å². The summed E-state index contributed by atoms with van der Waals surface area (Å²) in [4.78, 5) is 11.1. The highest BCUT2D eigenvalue weighted by Crippen LogP contribution is 2.25. The molecule has 0 aliphatic heterocycles. The normalized spacial score (nSPS) is 10.1. The molecule has 1 aromatic rings. The number of carbonyl (C=O) groups excluding carboxylic acids is 1. The number of halogens is 3. The van der Waals surface area contributed by atoms with Crippen LogP contribution in [0.1, 0.15) is 10.4 Å². The summed E-state index contributed by atoms with van der Waals surface area (Å²) in [5.41, 5.74) is 5.53. The Labute approximate surface area is 84.4 Å². The zero-order valence-corrected chi connectivity index (χ0v) is 7.99. The molecule has 0 aliphatic rings. The van der Waals surface area contributed by atoms with E-state index in [2.05, 4.69) is 0 Å². The van der Waals surface area contributed by atoms with E-state index in [-0.39, 0.29) is 22.2 Å². The van der Waals surface area contributed by atoms with E-state index in [4.69, 9.17) is 28.9 Å². The third-order valence-corrected chi connectivity index (χ3v) is 2.14. The summed E-state index contributed by atoms with van der Waals surface area (Å²) in [5, 5.41) is -0.273. The third-order valence-electron chi connectivity index (χ3n) is 1.53. The third kappa shape index (κ3) is 1.92. The SMILES string of the molecule is Nc1ccc(F)c(Cl)c1C(=O)CCl. The first kappa shape index (κ1) is 10.3. The molecular formula is C8H6Cl2FNO. The number of Topliss-reactive ketones (excluding diaryl/α,β-unsaturated/α-hetero) is 1. The van der Waals surface area contributed by atoms with Crippen molar-refractivity contribution in [2.24, 2.45) is 0 Å². The van der Waals surface area contributed by atoms with Crippen molar-refractivity contribution in [2.75, 3.05) is 11.6 Å². The highest BCUT2D eigenvalue weighted by Gasteiger charge is 2.16. The van der Waals surface area contributed by atoms with Crippen LogP contribution < -0.4 is 5.73 Å². The van der Waals surface area contributed by atoms with Gasteiger partial charge in [0.2, 0.25) is 0 Å². The van der Waals surface area contributed by atoms with E-state index >= 15 is 0 Å². The number of ketones is 1. The average Bonchev–Trinajstić information content (AvgIpc) is 2.12. The minimum atomic E-state index is -0.677. The molecule has 0 amide bonds. The van der Waals surface area contributed by atoms with E-state index in [1.807, 2.05) is 0 Å². The molecule has 0 fully saturated rings. The summed E-state index contributed by atoms with van der Waals surface area (Å²) in [7, 11) is 0. The minimum Gasteiger partial charge on any atom is -0.398 e. The molecule has 0 radical (unpaired) electrons. The second kappa shape index (κ2) is 3.94. The van der Waals surface area contributed by atoms with Gasteiger partial charge in [0.05, 0.1) is 16.5 Å². The van der Waals surface area contributed by atoms with Gasteiger partial charge in [-0.1, -0.05) is 11.6 Å². The van der Waals surface area contributed by atoms with E-state index < -0.39 is 11.6 Å². The lowest BCUT2D eigenvalue weighted by atomic mass is 10.1. The lowest BCUT2D eigenvalue weighted by Gasteiger charge is -2.05. The summed E-state index contributed by atoms with van der Waals surface area (Å²) >= 11 is 10.8.